The Morgan fingerprint density at radius 3 is 0.843 bits per heavy atom. The Bertz CT molecular complexity index is 3380. The number of halogens is 34. The van der Waals surface area contributed by atoms with Crippen molar-refractivity contribution in [1.29, 1.82) is 0 Å². The van der Waals surface area contributed by atoms with E-state index in [0.29, 0.717) is 0 Å². The molecular formula is C45H18F34N10. The monoisotopic (exact) mass is 1340 g/mol. The van der Waals surface area contributed by atoms with E-state index in [9.17, 15) is 114 Å². The molecule has 1 saturated heterocycles. The predicted octanol–water partition coefficient (Wildman–Crippen LogP) is 14.4. The largest absolute Gasteiger partial charge is 0.385 e. The molecule has 0 N–H and O–H groups in total. The Kier molecular flexibility index (Phi) is 17.3. The minimum Gasteiger partial charge on any atom is -0.339 e. The van der Waals surface area contributed by atoms with Crippen LogP contribution in [-0.2, 0) is 11.8 Å². The zero-order valence-electron chi connectivity index (χ0n) is 41.5. The van der Waals surface area contributed by atoms with Gasteiger partial charge in [-0.25, -0.2) is 71.4 Å². The van der Waals surface area contributed by atoms with E-state index in [1.807, 2.05) is 0 Å². The summed E-state index contributed by atoms with van der Waals surface area (Å²) in [7, 11) is 0. The molecule has 1 fully saturated rings. The number of hydrogen-bond donors (Lipinski definition) is 0. The smallest absolute Gasteiger partial charge is 0.339 e. The van der Waals surface area contributed by atoms with Gasteiger partial charge < -0.3 is 9.80 Å². The van der Waals surface area contributed by atoms with Crippen LogP contribution in [0.5, 0.6) is 0 Å². The SMILES string of the molecule is Fc1c(F)c(F)c(-c2nc(-c3ccc(C(F)(F)C(F)(F)C(F)(F)C(F)(F)C(F)(F)C(F)F)nc3)nc(N3CCCN(c4nc(-c5ccc(C(F)(F)C(F)(F)C(F)(F)C(F)(F)C(F)(F)C(F)F)nc5)nc(-c5c(F)c(F)c(F)c(F)c5F)n4)CC3)n2)c(F)c1F. The fourth-order valence-corrected chi connectivity index (χ4v) is 7.64. The highest BCUT2D eigenvalue weighted by Crippen LogP contribution is 2.62. The van der Waals surface area contributed by atoms with E-state index in [-0.39, 0.29) is 24.5 Å². The first kappa shape index (κ1) is 68.5. The van der Waals surface area contributed by atoms with Crippen molar-refractivity contribution in [3.05, 3.63) is 106 Å². The molecule has 0 aliphatic carbocycles. The van der Waals surface area contributed by atoms with Gasteiger partial charge in [0.15, 0.2) is 69.8 Å². The fraction of sp³-hybridized carbons (Fsp3) is 0.378. The van der Waals surface area contributed by atoms with Gasteiger partial charge in [-0.3, -0.25) is 9.97 Å². The van der Waals surface area contributed by atoms with Crippen molar-refractivity contribution >= 4 is 11.9 Å². The second-order valence-electron chi connectivity index (χ2n) is 18.1. The number of alkyl halides is 24. The third-order valence-electron chi connectivity index (χ3n) is 12.6. The average Bonchev–Trinajstić information content (AvgIpc) is 0.836. The van der Waals surface area contributed by atoms with Crippen LogP contribution in [0, 0.1) is 58.2 Å². The zero-order valence-corrected chi connectivity index (χ0v) is 41.5. The summed E-state index contributed by atoms with van der Waals surface area (Å²) < 4.78 is 483. The van der Waals surface area contributed by atoms with Crippen molar-refractivity contribution in [2.75, 3.05) is 36.0 Å². The van der Waals surface area contributed by atoms with Crippen molar-refractivity contribution < 1.29 is 149 Å². The molecule has 5 heterocycles. The topological polar surface area (TPSA) is 110 Å². The maximum absolute atomic E-state index is 15.3. The summed E-state index contributed by atoms with van der Waals surface area (Å²) in [6.45, 7) is -2.97. The Morgan fingerprint density at radius 2 is 0.584 bits per heavy atom. The Hall–Kier alpha value is -8.02. The van der Waals surface area contributed by atoms with E-state index < -0.39 is 244 Å². The van der Waals surface area contributed by atoms with E-state index in [0.717, 1.165) is 9.80 Å². The van der Waals surface area contributed by atoms with Crippen LogP contribution >= 0.6 is 0 Å². The molecule has 486 valence electrons. The molecule has 0 atom stereocenters. The number of benzene rings is 2. The molecule has 7 rings (SSSR count). The number of pyridine rings is 2. The summed E-state index contributed by atoms with van der Waals surface area (Å²) in [5, 5.41) is 0. The normalized spacial score (nSPS) is 15.0. The molecule has 10 nitrogen and oxygen atoms in total. The Labute approximate surface area is 467 Å². The predicted molar refractivity (Wildman–Crippen MR) is 225 cm³/mol. The van der Waals surface area contributed by atoms with Gasteiger partial charge in [-0.15, -0.1) is 0 Å². The van der Waals surface area contributed by atoms with Crippen LogP contribution < -0.4 is 9.80 Å². The zero-order chi connectivity index (χ0) is 67.4. The maximum atomic E-state index is 15.3. The van der Waals surface area contributed by atoms with Crippen LogP contribution in [-0.4, -0.2) is 126 Å². The molecule has 2 aromatic carbocycles. The average molecular weight is 1340 g/mol. The van der Waals surface area contributed by atoms with Crippen molar-refractivity contribution in [3.8, 4) is 45.6 Å². The molecule has 0 saturated carbocycles. The van der Waals surface area contributed by atoms with E-state index in [2.05, 4.69) is 39.9 Å². The van der Waals surface area contributed by atoms with Crippen LogP contribution in [0.3, 0.4) is 0 Å². The van der Waals surface area contributed by atoms with Gasteiger partial charge in [0.05, 0.1) is 11.1 Å². The molecule has 6 aromatic rings. The number of hydrogen-bond acceptors (Lipinski definition) is 10. The lowest BCUT2D eigenvalue weighted by Crippen LogP contribution is -2.68. The minimum atomic E-state index is -8.07. The Morgan fingerprint density at radius 1 is 0.315 bits per heavy atom. The van der Waals surface area contributed by atoms with Crippen molar-refractivity contribution in [1.82, 2.24) is 39.9 Å². The third kappa shape index (κ3) is 10.5. The quantitative estimate of drug-likeness (QED) is 0.0469. The van der Waals surface area contributed by atoms with Gasteiger partial charge in [-0.2, -0.15) is 108 Å². The van der Waals surface area contributed by atoms with Gasteiger partial charge in [0.25, 0.3) is 0 Å². The van der Waals surface area contributed by atoms with E-state index in [4.69, 9.17) is 0 Å². The number of aromatic nitrogens is 8. The first-order chi connectivity index (χ1) is 40.5. The minimum absolute atomic E-state index is 0.0182. The van der Waals surface area contributed by atoms with Crippen LogP contribution in [0.2, 0.25) is 0 Å². The summed E-state index contributed by atoms with van der Waals surface area (Å²) in [5.41, 5.74) is -11.9. The van der Waals surface area contributed by atoms with Gasteiger partial charge in [0, 0.05) is 49.7 Å². The van der Waals surface area contributed by atoms with Gasteiger partial charge >= 0.3 is 72.1 Å². The highest BCUT2D eigenvalue weighted by atomic mass is 19.4. The first-order valence-corrected chi connectivity index (χ1v) is 22.9. The Balaban J connectivity index is 1.31. The number of rotatable bonds is 18. The summed E-state index contributed by atoms with van der Waals surface area (Å²) in [4.78, 5) is 28.3. The molecule has 1 aliphatic heterocycles. The highest BCUT2D eigenvalue weighted by Gasteiger charge is 2.89. The standard InChI is InChI=1S/C45H18F34N10/c46-18-16(19(47)23(51)26(54)22(18)50)30-82-28(12-2-4-14(80-10-12)36(60,61)40(68,69)44(76,77)42(72,73)38(64,65)32(56)57)84-34(86-30)88-6-1-7-89(9-8-88)35-85-29(83-31(87-35)17-20(48)24(52)27(55)25(53)21(17)49)13-3-5-15(81-11-13)37(62,63)41(70,71)45(78,79)43(74,75)39(66,67)33(58)59/h2-5,10-11,32-33H,1,6-9H2. The molecule has 89 heavy (non-hydrogen) atoms. The maximum Gasteiger partial charge on any atom is 0.385 e. The van der Waals surface area contributed by atoms with Gasteiger partial charge in [-0.1, -0.05) is 0 Å². The van der Waals surface area contributed by atoms with E-state index in [1.165, 1.54) is 0 Å². The summed E-state index contributed by atoms with van der Waals surface area (Å²) in [6, 6.07) is -1.05. The lowest BCUT2D eigenvalue weighted by atomic mass is 9.92. The van der Waals surface area contributed by atoms with E-state index in [1.54, 1.807) is 0 Å². The lowest BCUT2D eigenvalue weighted by Gasteiger charge is -2.38. The molecular weight excluding hydrogens is 1330 g/mol. The summed E-state index contributed by atoms with van der Waals surface area (Å²) >= 11 is 0. The molecule has 0 spiro atoms. The summed E-state index contributed by atoms with van der Waals surface area (Å²) in [5.74, 6) is -112. The van der Waals surface area contributed by atoms with Crippen LogP contribution in [0.1, 0.15) is 17.8 Å². The highest BCUT2D eigenvalue weighted by molar-refractivity contribution is 5.66. The second kappa shape index (κ2) is 22.5. The van der Waals surface area contributed by atoms with E-state index >= 15 is 35.1 Å². The summed E-state index contributed by atoms with van der Waals surface area (Å²) in [6.07, 6.45) is -12.7. The molecule has 0 bridgehead atoms. The van der Waals surface area contributed by atoms with Gasteiger partial charge in [0.1, 0.15) is 11.4 Å². The lowest BCUT2D eigenvalue weighted by molar-refractivity contribution is -0.415. The molecule has 0 unspecified atom stereocenters. The molecule has 4 aromatic heterocycles. The van der Waals surface area contributed by atoms with Crippen LogP contribution in [0.25, 0.3) is 45.6 Å². The van der Waals surface area contributed by atoms with Crippen LogP contribution in [0.4, 0.5) is 161 Å². The third-order valence-corrected chi connectivity index (χ3v) is 12.6. The van der Waals surface area contributed by atoms with Gasteiger partial charge in [0.2, 0.25) is 23.5 Å². The molecule has 1 aliphatic rings. The van der Waals surface area contributed by atoms with Crippen LogP contribution in [0.15, 0.2) is 36.7 Å². The molecule has 44 heteroatoms. The fourth-order valence-electron chi connectivity index (χ4n) is 7.64. The first-order valence-electron chi connectivity index (χ1n) is 22.9. The van der Waals surface area contributed by atoms with Crippen molar-refractivity contribution in [2.24, 2.45) is 0 Å². The molecule has 0 radical (unpaired) electrons. The second-order valence-corrected chi connectivity index (χ2v) is 18.1. The number of anilines is 2. The van der Waals surface area contributed by atoms with Crippen molar-refractivity contribution in [2.45, 2.75) is 78.5 Å². The molecule has 0 amide bonds. The van der Waals surface area contributed by atoms with Gasteiger partial charge in [-0.05, 0) is 30.7 Å². The van der Waals surface area contributed by atoms with Crippen molar-refractivity contribution in [3.63, 3.8) is 0 Å². The number of nitrogens with zero attached hydrogens (tertiary/aromatic N) is 10.